The first-order valence-electron chi connectivity index (χ1n) is 4.30. The molecule has 0 saturated carbocycles. The van der Waals surface area contributed by atoms with E-state index in [1.807, 2.05) is 0 Å². The Balaban J connectivity index is 3.06. The van der Waals surface area contributed by atoms with Crippen LogP contribution in [0.4, 0.5) is 0 Å². The molecule has 0 saturated heterocycles. The maximum Gasteiger partial charge on any atom is 0.303 e. The second kappa shape index (κ2) is 5.46. The highest BCUT2D eigenvalue weighted by Crippen LogP contribution is 2.42. The van der Waals surface area contributed by atoms with E-state index in [2.05, 4.69) is 0 Å². The number of rotatable bonds is 2. The highest BCUT2D eigenvalue weighted by Gasteiger charge is 2.36. The van der Waals surface area contributed by atoms with Crippen LogP contribution in [0, 0.1) is 0 Å². The second-order valence-corrected chi connectivity index (χ2v) is 5.89. The lowest BCUT2D eigenvalue weighted by Gasteiger charge is -2.24. The summed E-state index contributed by atoms with van der Waals surface area (Å²) >= 11 is 23.0. The van der Waals surface area contributed by atoms with Crippen LogP contribution >= 0.6 is 46.4 Å². The van der Waals surface area contributed by atoms with Crippen molar-refractivity contribution < 1.29 is 9.53 Å². The van der Waals surface area contributed by atoms with E-state index in [1.165, 1.54) is 6.92 Å². The lowest BCUT2D eigenvalue weighted by Crippen LogP contribution is -2.22. The van der Waals surface area contributed by atoms with Crippen LogP contribution in [0.1, 0.15) is 18.6 Å². The van der Waals surface area contributed by atoms with Gasteiger partial charge in [-0.15, -0.1) is 0 Å². The zero-order valence-electron chi connectivity index (χ0n) is 8.22. The minimum atomic E-state index is -1.74. The van der Waals surface area contributed by atoms with E-state index in [-0.39, 0.29) is 0 Å². The van der Waals surface area contributed by atoms with Crippen molar-refractivity contribution in [3.8, 4) is 0 Å². The molecule has 6 heteroatoms. The van der Waals surface area contributed by atoms with E-state index in [0.717, 1.165) is 0 Å². The van der Waals surface area contributed by atoms with Gasteiger partial charge in [0.2, 0.25) is 3.79 Å². The summed E-state index contributed by atoms with van der Waals surface area (Å²) < 4.78 is 3.22. The van der Waals surface area contributed by atoms with Crippen molar-refractivity contribution in [3.05, 3.63) is 34.9 Å². The molecule has 0 bridgehead atoms. The zero-order valence-corrected chi connectivity index (χ0v) is 11.2. The van der Waals surface area contributed by atoms with E-state index in [9.17, 15) is 4.79 Å². The molecule has 88 valence electrons. The summed E-state index contributed by atoms with van der Waals surface area (Å²) in [7, 11) is 0. The number of esters is 1. The van der Waals surface area contributed by atoms with E-state index in [0.29, 0.717) is 10.6 Å². The van der Waals surface area contributed by atoms with Crippen molar-refractivity contribution in [2.45, 2.75) is 16.8 Å². The molecule has 0 aliphatic carbocycles. The second-order valence-electron chi connectivity index (χ2n) is 3.09. The molecule has 0 radical (unpaired) electrons. The molecule has 0 fully saturated rings. The van der Waals surface area contributed by atoms with Gasteiger partial charge in [-0.1, -0.05) is 58.5 Å². The van der Waals surface area contributed by atoms with Crippen molar-refractivity contribution in [1.29, 1.82) is 0 Å². The molecule has 1 aromatic rings. The maximum atomic E-state index is 10.9. The number of carbonyl (C=O) groups excluding carboxylic acids is 1. The Morgan fingerprint density at radius 3 is 2.44 bits per heavy atom. The molecule has 0 N–H and O–H groups in total. The standard InChI is InChI=1S/C10H8Cl4O2/c1-6(15)16-9(10(12,13)14)7-3-2-4-8(11)5-7/h2-5,9H,1H3/t9-/m1/s1. The minimum Gasteiger partial charge on any atom is -0.453 e. The van der Waals surface area contributed by atoms with Gasteiger partial charge in [0, 0.05) is 11.9 Å². The first kappa shape index (κ1) is 13.9. The largest absolute Gasteiger partial charge is 0.453 e. The molecule has 2 nitrogen and oxygen atoms in total. The van der Waals surface area contributed by atoms with E-state index in [1.54, 1.807) is 24.3 Å². The van der Waals surface area contributed by atoms with Crippen molar-refractivity contribution >= 4 is 52.4 Å². The Bertz CT molecular complexity index is 387. The minimum absolute atomic E-state index is 0.476. The molecule has 16 heavy (non-hydrogen) atoms. The third kappa shape index (κ3) is 4.02. The molecule has 1 rings (SSSR count). The molecule has 1 atom stereocenters. The fraction of sp³-hybridized carbons (Fsp3) is 0.300. The van der Waals surface area contributed by atoms with Gasteiger partial charge in [0.1, 0.15) is 0 Å². The molecule has 0 amide bonds. The van der Waals surface area contributed by atoms with Crippen LogP contribution in [0.25, 0.3) is 0 Å². The lowest BCUT2D eigenvalue weighted by atomic mass is 10.1. The van der Waals surface area contributed by atoms with E-state index >= 15 is 0 Å². The van der Waals surface area contributed by atoms with Gasteiger partial charge in [0.05, 0.1) is 0 Å². The van der Waals surface area contributed by atoms with Crippen LogP contribution < -0.4 is 0 Å². The van der Waals surface area contributed by atoms with Crippen LogP contribution in [0.15, 0.2) is 24.3 Å². The average Bonchev–Trinajstić information content (AvgIpc) is 2.12. The van der Waals surface area contributed by atoms with Crippen LogP contribution in [0.2, 0.25) is 5.02 Å². The molecule has 0 aliphatic rings. The molecule has 1 aromatic carbocycles. The normalized spacial score (nSPS) is 13.3. The quantitative estimate of drug-likeness (QED) is 0.601. The third-order valence-corrected chi connectivity index (χ3v) is 2.56. The molecule has 0 heterocycles. The summed E-state index contributed by atoms with van der Waals surface area (Å²) in [5.74, 6) is -0.531. The van der Waals surface area contributed by atoms with Gasteiger partial charge in [0.15, 0.2) is 6.10 Å². The van der Waals surface area contributed by atoms with E-state index in [4.69, 9.17) is 51.1 Å². The van der Waals surface area contributed by atoms with Crippen molar-refractivity contribution in [2.24, 2.45) is 0 Å². The van der Waals surface area contributed by atoms with Crippen LogP contribution in [-0.2, 0) is 9.53 Å². The predicted octanol–water partition coefficient (Wildman–Crippen LogP) is 4.31. The number of halogens is 4. The summed E-state index contributed by atoms with van der Waals surface area (Å²) in [4.78, 5) is 10.9. The fourth-order valence-electron chi connectivity index (χ4n) is 1.16. The van der Waals surface area contributed by atoms with Gasteiger partial charge < -0.3 is 4.74 Å². The Morgan fingerprint density at radius 1 is 1.38 bits per heavy atom. The molecule has 0 aliphatic heterocycles. The predicted molar refractivity (Wildman–Crippen MR) is 66.2 cm³/mol. The molecule has 0 unspecified atom stereocenters. The van der Waals surface area contributed by atoms with Gasteiger partial charge in [0.25, 0.3) is 0 Å². The van der Waals surface area contributed by atoms with Crippen LogP contribution in [-0.4, -0.2) is 9.76 Å². The first-order valence-corrected chi connectivity index (χ1v) is 5.81. The number of hydrogen-bond donors (Lipinski definition) is 0. The summed E-state index contributed by atoms with van der Waals surface area (Å²) in [6.45, 7) is 1.24. The number of ether oxygens (including phenoxy) is 1. The highest BCUT2D eigenvalue weighted by atomic mass is 35.6. The van der Waals surface area contributed by atoms with Gasteiger partial charge >= 0.3 is 5.97 Å². The summed E-state index contributed by atoms with van der Waals surface area (Å²) in [5.41, 5.74) is 0.530. The van der Waals surface area contributed by atoms with Crippen molar-refractivity contribution in [1.82, 2.24) is 0 Å². The van der Waals surface area contributed by atoms with E-state index < -0.39 is 15.9 Å². The monoisotopic (exact) mass is 300 g/mol. The first-order chi connectivity index (χ1) is 7.30. The van der Waals surface area contributed by atoms with Crippen molar-refractivity contribution in [2.75, 3.05) is 0 Å². The zero-order chi connectivity index (χ0) is 12.3. The molecular weight excluding hydrogens is 294 g/mol. The third-order valence-electron chi connectivity index (χ3n) is 1.73. The Morgan fingerprint density at radius 2 is 2.00 bits per heavy atom. The van der Waals surface area contributed by atoms with Gasteiger partial charge in [-0.3, -0.25) is 4.79 Å². The number of hydrogen-bond acceptors (Lipinski definition) is 2. The topological polar surface area (TPSA) is 26.3 Å². The van der Waals surface area contributed by atoms with Crippen LogP contribution in [0.5, 0.6) is 0 Å². The summed E-state index contributed by atoms with van der Waals surface area (Å²) in [6, 6.07) is 6.61. The molecular formula is C10H8Cl4O2. The summed E-state index contributed by atoms with van der Waals surface area (Å²) in [5, 5.41) is 0.476. The van der Waals surface area contributed by atoms with Crippen molar-refractivity contribution in [3.63, 3.8) is 0 Å². The molecule has 0 spiro atoms. The Hall–Kier alpha value is -0.150. The lowest BCUT2D eigenvalue weighted by molar-refractivity contribution is -0.146. The van der Waals surface area contributed by atoms with Gasteiger partial charge in [-0.25, -0.2) is 0 Å². The van der Waals surface area contributed by atoms with Crippen LogP contribution in [0.3, 0.4) is 0 Å². The number of benzene rings is 1. The summed E-state index contributed by atoms with van der Waals surface area (Å²) in [6.07, 6.45) is -0.978. The molecule has 0 aromatic heterocycles. The van der Waals surface area contributed by atoms with Gasteiger partial charge in [-0.05, 0) is 17.7 Å². The van der Waals surface area contributed by atoms with Gasteiger partial charge in [-0.2, -0.15) is 0 Å². The Labute approximate surface area is 113 Å². The number of alkyl halides is 3. The number of carbonyl (C=O) groups is 1. The maximum absolute atomic E-state index is 10.9. The smallest absolute Gasteiger partial charge is 0.303 e. The fourth-order valence-corrected chi connectivity index (χ4v) is 1.87. The highest BCUT2D eigenvalue weighted by molar-refractivity contribution is 6.68. The SMILES string of the molecule is CC(=O)O[C@H](c1cccc(Cl)c1)C(Cl)(Cl)Cl. The average molecular weight is 302 g/mol. The Kier molecular flexibility index (Phi) is 4.74.